The zero-order valence-corrected chi connectivity index (χ0v) is 81.8. The lowest BCUT2D eigenvalue weighted by molar-refractivity contribution is 0.0834. The minimum Gasteiger partial charge on any atom is -0.506 e. The highest BCUT2D eigenvalue weighted by molar-refractivity contribution is 9.10. The minimum absolute atomic E-state index is 0.0432. The van der Waals surface area contributed by atoms with Crippen LogP contribution in [0.3, 0.4) is 0 Å². The highest BCUT2D eigenvalue weighted by Gasteiger charge is 2.24. The summed E-state index contributed by atoms with van der Waals surface area (Å²) in [7, 11) is 0. The van der Waals surface area contributed by atoms with Crippen LogP contribution in [0.4, 0.5) is 0 Å². The molecule has 696 valence electrons. The van der Waals surface area contributed by atoms with Gasteiger partial charge in [-0.1, -0.05) is 139 Å². The summed E-state index contributed by atoms with van der Waals surface area (Å²) in [5.41, 5.74) is 11.5. The van der Waals surface area contributed by atoms with Crippen LogP contribution in [0.15, 0.2) is 212 Å². The first-order valence-electron chi connectivity index (χ1n) is 42.4. The van der Waals surface area contributed by atoms with E-state index in [4.69, 9.17) is 52.7 Å². The molecule has 133 heavy (non-hydrogen) atoms. The van der Waals surface area contributed by atoms with Crippen LogP contribution in [0.1, 0.15) is 189 Å². The van der Waals surface area contributed by atoms with Crippen LogP contribution in [0.25, 0.3) is 31.3 Å². The Balaban J connectivity index is 0.000000207. The van der Waals surface area contributed by atoms with Crippen LogP contribution in [0.5, 0.6) is 17.2 Å². The van der Waals surface area contributed by atoms with Crippen molar-refractivity contribution < 1.29 is 88.0 Å². The zero-order chi connectivity index (χ0) is 95.7. The van der Waals surface area contributed by atoms with Crippen molar-refractivity contribution in [3.05, 3.63) is 291 Å². The fourth-order valence-corrected chi connectivity index (χ4v) is 19.2. The number of rotatable bonds is 45. The van der Waals surface area contributed by atoms with E-state index in [0.29, 0.717) is 153 Å². The molecule has 0 aliphatic carbocycles. The highest BCUT2D eigenvalue weighted by Crippen LogP contribution is 2.43. The lowest BCUT2D eigenvalue weighted by Crippen LogP contribution is -2.27. The van der Waals surface area contributed by atoms with Crippen LogP contribution >= 0.6 is 107 Å². The van der Waals surface area contributed by atoms with Gasteiger partial charge in [-0.25, -0.2) is 0 Å². The quantitative estimate of drug-likeness (QED) is 0.00972. The number of Topliss-reactive ketones (excluding diaryl/α,β-unsaturated/α-hetero) is 6. The van der Waals surface area contributed by atoms with E-state index in [1.807, 2.05) is 83.6 Å². The molecule has 3 amide bonds. The Hall–Kier alpha value is -10.8. The average Bonchev–Trinajstić information content (AvgIpc) is 1.47. The van der Waals surface area contributed by atoms with Crippen molar-refractivity contribution in [1.29, 1.82) is 0 Å². The first-order valence-corrected chi connectivity index (χ1v) is 49.0. The van der Waals surface area contributed by atoms with Crippen LogP contribution in [0.2, 0.25) is 10.0 Å². The Bertz CT molecular complexity index is 6110. The van der Waals surface area contributed by atoms with Gasteiger partial charge >= 0.3 is 0 Å². The Morgan fingerprint density at radius 1 is 0.368 bits per heavy atom. The van der Waals surface area contributed by atoms with E-state index in [1.165, 1.54) is 50.9 Å². The number of ketones is 6. The Kier molecular flexibility index (Phi) is 40.9. The van der Waals surface area contributed by atoms with Crippen LogP contribution in [-0.4, -0.2) is 199 Å². The summed E-state index contributed by atoms with van der Waals surface area (Å²) in [6, 6.07) is 52.1. The van der Waals surface area contributed by atoms with Gasteiger partial charge in [-0.15, -0.1) is 68.0 Å². The molecule has 0 saturated heterocycles. The van der Waals surface area contributed by atoms with Crippen molar-refractivity contribution in [3.63, 3.8) is 0 Å². The van der Waals surface area contributed by atoms with Crippen molar-refractivity contribution >= 4 is 177 Å². The summed E-state index contributed by atoms with van der Waals surface area (Å²) in [6.45, 7) is 14.0. The fraction of sp³-hybridized carbons (Fsp3) is 0.280. The van der Waals surface area contributed by atoms with E-state index in [9.17, 15) is 58.5 Å². The van der Waals surface area contributed by atoms with E-state index in [1.54, 1.807) is 117 Å². The molecular formula is C100H101BrCl2N6O18S6. The van der Waals surface area contributed by atoms with Crippen molar-refractivity contribution in [1.82, 2.24) is 16.0 Å². The predicted molar refractivity (Wildman–Crippen MR) is 536 cm³/mol. The van der Waals surface area contributed by atoms with Crippen LogP contribution < -0.4 is 16.0 Å². The molecule has 0 radical (unpaired) electrons. The first kappa shape index (κ1) is 104. The van der Waals surface area contributed by atoms with Crippen molar-refractivity contribution in [2.75, 3.05) is 98.7 Å². The SMILES string of the molecule is CC(=NCC(=O)c1ccc(C(=O)CCc2ccc(C(=O)NCCOCCO)cc2)s1)c1csc(-c2ccc(Br)cc2)c1O.CC(=NCC(=O)c1ccc(C(=O)CCc2ccc(C(=O)NCCOCCO)cc2)s1)c1csc(-c2ccc(C(C)(C)C)cc2)c1O.CC(=NCC(=O)c1ccc(C(=O)CCc2ccc(C(=O)NCCOCCO)cc2)s1)c1csc(-c2ccc(Cl)c(Cl)c2)c1O. The monoisotopic (exact) mass is 2010 g/mol. The summed E-state index contributed by atoms with van der Waals surface area (Å²) >= 11 is 23.2. The number of carbonyl (C=O) groups excluding carboxylic acids is 9. The molecule has 0 fully saturated rings. The summed E-state index contributed by atoms with van der Waals surface area (Å²) in [5, 5.41) is 73.1. The van der Waals surface area contributed by atoms with Gasteiger partial charge in [-0.3, -0.25) is 58.1 Å². The second kappa shape index (κ2) is 52.2. The van der Waals surface area contributed by atoms with Crippen LogP contribution in [0, 0.1) is 0 Å². The van der Waals surface area contributed by atoms with E-state index >= 15 is 0 Å². The number of nitrogens with zero attached hydrogens (tertiary/aromatic N) is 3. The number of aromatic hydroxyl groups is 3. The molecule has 33 heteroatoms. The molecule has 24 nitrogen and oxygen atoms in total. The molecule has 0 bridgehead atoms. The summed E-state index contributed by atoms with van der Waals surface area (Å²) in [6.07, 6.45) is 2.32. The number of hydrogen-bond acceptors (Lipinski definition) is 27. The Morgan fingerprint density at radius 3 is 0.947 bits per heavy atom. The third-order valence-corrected chi connectivity index (χ3v) is 28.3. The van der Waals surface area contributed by atoms with E-state index in [2.05, 4.69) is 79.8 Å². The second-order valence-corrected chi connectivity index (χ2v) is 38.7. The molecule has 0 aliphatic heterocycles. The number of aliphatic hydroxyl groups excluding tert-OH is 3. The molecule has 0 aliphatic rings. The number of aryl methyl sites for hydroxylation is 3. The lowest BCUT2D eigenvalue weighted by Gasteiger charge is -2.19. The second-order valence-electron chi connectivity index (χ2n) is 31.0. The van der Waals surface area contributed by atoms with Crippen molar-refractivity contribution in [2.45, 2.75) is 85.5 Å². The summed E-state index contributed by atoms with van der Waals surface area (Å²) in [4.78, 5) is 132. The van der Waals surface area contributed by atoms with Gasteiger partial charge in [0.05, 0.1) is 113 Å². The number of amides is 3. The number of thiophene rings is 6. The van der Waals surface area contributed by atoms with E-state index in [-0.39, 0.29) is 154 Å². The van der Waals surface area contributed by atoms with Gasteiger partial charge in [0.25, 0.3) is 17.7 Å². The largest absolute Gasteiger partial charge is 0.506 e. The molecule has 9 N–H and O–H groups in total. The van der Waals surface area contributed by atoms with Gasteiger partial charge in [0, 0.05) is 110 Å². The summed E-state index contributed by atoms with van der Waals surface area (Å²) < 4.78 is 16.3. The molecule has 12 rings (SSSR count). The Morgan fingerprint density at radius 2 is 0.654 bits per heavy atom. The maximum absolute atomic E-state index is 12.9. The highest BCUT2D eigenvalue weighted by atomic mass is 79.9. The van der Waals surface area contributed by atoms with Gasteiger partial charge in [0.1, 0.15) is 36.9 Å². The number of hydrogen-bond donors (Lipinski definition) is 9. The smallest absolute Gasteiger partial charge is 0.251 e. The third-order valence-electron chi connectivity index (χ3n) is 20.5. The van der Waals surface area contributed by atoms with Crippen LogP contribution in [-0.2, 0) is 38.9 Å². The molecule has 6 aromatic heterocycles. The lowest BCUT2D eigenvalue weighted by atomic mass is 9.86. The topological polar surface area (TPSA) is 376 Å². The first-order chi connectivity index (χ1) is 63.9. The maximum Gasteiger partial charge on any atom is 0.251 e. The molecule has 0 atom stereocenters. The number of nitrogens with one attached hydrogen (secondary N) is 3. The van der Waals surface area contributed by atoms with Gasteiger partial charge in [-0.2, -0.15) is 0 Å². The molecule has 0 unspecified atom stereocenters. The van der Waals surface area contributed by atoms with Crippen molar-refractivity contribution in [3.8, 4) is 48.6 Å². The number of benzene rings is 6. The molecular weight excluding hydrogens is 1920 g/mol. The van der Waals surface area contributed by atoms with Gasteiger partial charge in [0.2, 0.25) is 0 Å². The molecule has 12 aromatic rings. The average molecular weight is 2020 g/mol. The molecule has 0 spiro atoms. The summed E-state index contributed by atoms with van der Waals surface area (Å²) in [5.74, 6) is -1.10. The van der Waals surface area contributed by atoms with Gasteiger partial charge in [0.15, 0.2) is 34.7 Å². The third kappa shape index (κ3) is 31.1. The Labute approximate surface area is 813 Å². The molecule has 6 heterocycles. The minimum atomic E-state index is -0.226. The normalized spacial score (nSPS) is 11.6. The standard InChI is InChI=1S/C36H40N2O6S2.C32H31BrN2O6S2.C32H30Cl2N2O6S2/c1-23(28-22-45-34(33(28)42)25-10-12-27(13-11-25)36(2,3)4)38-21-30(41)32-16-15-31(46-32)29(40)14-7-24-5-8-26(9-6-24)35(43)37-17-19-44-20-18-39;1-20(25-19-42-31(30(25)39)22-7-9-24(33)10-8-22)35-18-27(38)29-13-12-28(43-29)26(37)11-4-21-2-5-23(6-3-21)32(40)34-14-16-41-17-15-36;1-19(23-18-43-31(30(23)40)22-7-8-24(33)25(34)16-22)36-17-27(39)29-11-10-28(44-29)26(38)9-4-20-2-5-21(6-3-20)32(41)35-12-14-42-15-13-37/h5-6,8-13,15-16,22,39,42H,7,14,17-21H2,1-4H3,(H,37,43);2-3,5-10,12-13,19,36,39H,4,11,14-18H2,1H3,(H,34,40);2-3,5-8,10-11,16,18,37,40H,4,9,12-15,17H2,1H3,(H,35,41). The number of halogens is 3. The van der Waals surface area contributed by atoms with E-state index < -0.39 is 0 Å². The van der Waals surface area contributed by atoms with Crippen molar-refractivity contribution in [2.24, 2.45) is 15.0 Å². The molecule has 6 aromatic carbocycles. The predicted octanol–water partition coefficient (Wildman–Crippen LogP) is 19.7. The number of aliphatic imine (C=N–C) groups is 3. The fourth-order valence-electron chi connectivity index (χ4n) is 12.9. The van der Waals surface area contributed by atoms with Gasteiger partial charge in [-0.05, 0) is 181 Å². The zero-order valence-electron chi connectivity index (χ0n) is 73.8. The molecule has 0 saturated carbocycles. The number of carbonyl (C=O) groups is 9. The number of ether oxygens (including phenoxy) is 3. The van der Waals surface area contributed by atoms with Gasteiger partial charge < -0.3 is 60.8 Å². The maximum atomic E-state index is 12.9. The van der Waals surface area contributed by atoms with E-state index in [0.717, 1.165) is 70.3 Å². The number of aliphatic hydroxyl groups is 3.